The van der Waals surface area contributed by atoms with Crippen LogP contribution in [0.2, 0.25) is 0 Å². The molecule has 0 amide bonds. The van der Waals surface area contributed by atoms with Crippen molar-refractivity contribution in [3.8, 4) is 0 Å². The summed E-state index contributed by atoms with van der Waals surface area (Å²) >= 11 is 1.75. The molecule has 2 nitrogen and oxygen atoms in total. The van der Waals surface area contributed by atoms with E-state index in [4.69, 9.17) is 5.73 Å². The third-order valence-electron chi connectivity index (χ3n) is 3.13. The summed E-state index contributed by atoms with van der Waals surface area (Å²) in [6.07, 6.45) is 3.71. The van der Waals surface area contributed by atoms with Crippen molar-refractivity contribution in [3.63, 3.8) is 0 Å². The second-order valence-corrected chi connectivity index (χ2v) is 5.15. The molecule has 2 N–H and O–H groups in total. The second-order valence-electron chi connectivity index (χ2n) is 4.19. The highest BCUT2D eigenvalue weighted by molar-refractivity contribution is 7.10. The van der Waals surface area contributed by atoms with Gasteiger partial charge in [0.2, 0.25) is 0 Å². The minimum atomic E-state index is 0.341. The van der Waals surface area contributed by atoms with Crippen LogP contribution in [0.5, 0.6) is 0 Å². The Morgan fingerprint density at radius 3 is 3.00 bits per heavy atom. The summed E-state index contributed by atoms with van der Waals surface area (Å²) in [5, 5.41) is 2.15. The number of hydrogen-bond donors (Lipinski definition) is 1. The lowest BCUT2D eigenvalue weighted by Crippen LogP contribution is -2.21. The SMILES string of the molecule is CCc1csc2c1C(=O)CC(CCN)C2. The fourth-order valence-corrected chi connectivity index (χ4v) is 3.59. The number of carbonyl (C=O) groups is 1. The molecule has 0 aromatic carbocycles. The van der Waals surface area contributed by atoms with Crippen LogP contribution in [-0.4, -0.2) is 12.3 Å². The third-order valence-corrected chi connectivity index (χ3v) is 4.18. The molecule has 82 valence electrons. The molecule has 1 atom stereocenters. The quantitative estimate of drug-likeness (QED) is 0.855. The van der Waals surface area contributed by atoms with E-state index in [0.29, 0.717) is 24.7 Å². The number of ketones is 1. The van der Waals surface area contributed by atoms with Crippen molar-refractivity contribution >= 4 is 17.1 Å². The van der Waals surface area contributed by atoms with E-state index in [-0.39, 0.29) is 0 Å². The van der Waals surface area contributed by atoms with Crippen molar-refractivity contribution in [1.82, 2.24) is 0 Å². The number of nitrogens with two attached hydrogens (primary N) is 1. The second kappa shape index (κ2) is 4.45. The van der Waals surface area contributed by atoms with E-state index < -0.39 is 0 Å². The van der Waals surface area contributed by atoms with Crippen LogP contribution in [0.4, 0.5) is 0 Å². The van der Waals surface area contributed by atoms with Gasteiger partial charge in [-0.15, -0.1) is 11.3 Å². The Kier molecular flexibility index (Phi) is 3.22. The van der Waals surface area contributed by atoms with Crippen LogP contribution in [0.15, 0.2) is 5.38 Å². The smallest absolute Gasteiger partial charge is 0.164 e. The highest BCUT2D eigenvalue weighted by Crippen LogP contribution is 2.34. The van der Waals surface area contributed by atoms with Gasteiger partial charge >= 0.3 is 0 Å². The third kappa shape index (κ3) is 1.99. The molecule has 1 unspecified atom stereocenters. The molecule has 15 heavy (non-hydrogen) atoms. The summed E-state index contributed by atoms with van der Waals surface area (Å²) in [4.78, 5) is 13.3. The summed E-state index contributed by atoms with van der Waals surface area (Å²) in [5.74, 6) is 0.825. The summed E-state index contributed by atoms with van der Waals surface area (Å²) in [7, 11) is 0. The molecular weight excluding hydrogens is 206 g/mol. The van der Waals surface area contributed by atoms with E-state index in [0.717, 1.165) is 24.8 Å². The summed E-state index contributed by atoms with van der Waals surface area (Å²) in [5.41, 5.74) is 7.83. The largest absolute Gasteiger partial charge is 0.330 e. The van der Waals surface area contributed by atoms with Crippen LogP contribution in [0.25, 0.3) is 0 Å². The summed E-state index contributed by atoms with van der Waals surface area (Å²) < 4.78 is 0. The molecule has 2 rings (SSSR count). The van der Waals surface area contributed by atoms with Crippen LogP contribution in [-0.2, 0) is 12.8 Å². The average Bonchev–Trinajstić information content (AvgIpc) is 2.61. The van der Waals surface area contributed by atoms with Crippen LogP contribution in [0.1, 0.15) is 40.6 Å². The fourth-order valence-electron chi connectivity index (χ4n) is 2.32. The summed E-state index contributed by atoms with van der Waals surface area (Å²) in [6.45, 7) is 2.81. The number of fused-ring (bicyclic) bond motifs is 1. The molecule has 1 heterocycles. The Morgan fingerprint density at radius 1 is 1.53 bits per heavy atom. The fraction of sp³-hybridized carbons (Fsp3) is 0.583. The maximum atomic E-state index is 12.0. The predicted octanol–water partition coefficient (Wildman–Crippen LogP) is 2.40. The van der Waals surface area contributed by atoms with Gasteiger partial charge in [0.1, 0.15) is 0 Å². The average molecular weight is 223 g/mol. The zero-order valence-corrected chi connectivity index (χ0v) is 9.90. The van der Waals surface area contributed by atoms with Gasteiger partial charge in [-0.3, -0.25) is 4.79 Å². The van der Waals surface area contributed by atoms with Gasteiger partial charge in [0.15, 0.2) is 5.78 Å². The number of hydrogen-bond acceptors (Lipinski definition) is 3. The van der Waals surface area contributed by atoms with E-state index in [1.165, 1.54) is 10.4 Å². The highest BCUT2D eigenvalue weighted by Gasteiger charge is 2.27. The molecule has 0 aliphatic heterocycles. The lowest BCUT2D eigenvalue weighted by Gasteiger charge is -2.21. The van der Waals surface area contributed by atoms with E-state index in [1.807, 2.05) is 0 Å². The molecule has 0 fully saturated rings. The zero-order valence-electron chi connectivity index (χ0n) is 9.08. The van der Waals surface area contributed by atoms with Crippen molar-refractivity contribution in [2.24, 2.45) is 11.7 Å². The normalized spacial score (nSPS) is 20.4. The lowest BCUT2D eigenvalue weighted by atomic mass is 9.84. The molecule has 0 saturated carbocycles. The molecular formula is C12H17NOS. The van der Waals surface area contributed by atoms with Crippen molar-refractivity contribution in [3.05, 3.63) is 21.4 Å². The van der Waals surface area contributed by atoms with Gasteiger partial charge in [-0.05, 0) is 42.7 Å². The Bertz CT molecular complexity index is 370. The van der Waals surface area contributed by atoms with Gasteiger partial charge in [0.25, 0.3) is 0 Å². The van der Waals surface area contributed by atoms with E-state index in [2.05, 4.69) is 12.3 Å². The minimum absolute atomic E-state index is 0.341. The Morgan fingerprint density at radius 2 is 2.33 bits per heavy atom. The van der Waals surface area contributed by atoms with E-state index in [9.17, 15) is 4.79 Å². The van der Waals surface area contributed by atoms with Gasteiger partial charge in [-0.2, -0.15) is 0 Å². The van der Waals surface area contributed by atoms with Crippen LogP contribution >= 0.6 is 11.3 Å². The van der Waals surface area contributed by atoms with Crippen LogP contribution in [0.3, 0.4) is 0 Å². The Balaban J connectivity index is 2.26. The van der Waals surface area contributed by atoms with Gasteiger partial charge in [0.05, 0.1) is 0 Å². The molecule has 0 spiro atoms. The van der Waals surface area contributed by atoms with Gasteiger partial charge in [-0.25, -0.2) is 0 Å². The molecule has 1 aliphatic carbocycles. The van der Waals surface area contributed by atoms with E-state index in [1.54, 1.807) is 11.3 Å². The molecule has 3 heteroatoms. The first kappa shape index (κ1) is 10.8. The lowest BCUT2D eigenvalue weighted by molar-refractivity contribution is 0.0947. The van der Waals surface area contributed by atoms with Crippen molar-refractivity contribution in [2.45, 2.75) is 32.6 Å². The molecule has 1 aromatic rings. The van der Waals surface area contributed by atoms with Crippen LogP contribution in [0, 0.1) is 5.92 Å². The maximum Gasteiger partial charge on any atom is 0.164 e. The topological polar surface area (TPSA) is 43.1 Å². The predicted molar refractivity (Wildman–Crippen MR) is 63.5 cm³/mol. The monoisotopic (exact) mass is 223 g/mol. The number of rotatable bonds is 3. The minimum Gasteiger partial charge on any atom is -0.330 e. The van der Waals surface area contributed by atoms with Crippen LogP contribution < -0.4 is 5.73 Å². The standard InChI is InChI=1S/C12H17NOS/c1-2-9-7-15-11-6-8(3-4-13)5-10(14)12(9)11/h7-8H,2-6,13H2,1H3. The number of aryl methyl sites for hydroxylation is 1. The molecule has 1 aliphatic rings. The molecule has 0 bridgehead atoms. The highest BCUT2D eigenvalue weighted by atomic mass is 32.1. The molecule has 1 aromatic heterocycles. The first-order valence-corrected chi connectivity index (χ1v) is 6.46. The Hall–Kier alpha value is -0.670. The zero-order chi connectivity index (χ0) is 10.8. The van der Waals surface area contributed by atoms with Gasteiger partial charge in [0, 0.05) is 16.9 Å². The Labute approximate surface area is 94.5 Å². The maximum absolute atomic E-state index is 12.0. The summed E-state index contributed by atoms with van der Waals surface area (Å²) in [6, 6.07) is 0. The number of carbonyl (C=O) groups excluding carboxylic acids is 1. The first-order valence-electron chi connectivity index (χ1n) is 5.58. The first-order chi connectivity index (χ1) is 7.26. The molecule has 0 saturated heterocycles. The van der Waals surface area contributed by atoms with Gasteiger partial charge in [-0.1, -0.05) is 6.92 Å². The van der Waals surface area contributed by atoms with Crippen molar-refractivity contribution in [2.75, 3.05) is 6.54 Å². The van der Waals surface area contributed by atoms with Gasteiger partial charge < -0.3 is 5.73 Å². The number of thiophene rings is 1. The van der Waals surface area contributed by atoms with Crippen molar-refractivity contribution < 1.29 is 4.79 Å². The van der Waals surface area contributed by atoms with E-state index >= 15 is 0 Å². The molecule has 0 radical (unpaired) electrons. The van der Waals surface area contributed by atoms with Crippen molar-refractivity contribution in [1.29, 1.82) is 0 Å². The number of Topliss-reactive ketones (excluding diaryl/α,β-unsaturated/α-hetero) is 1.